The van der Waals surface area contributed by atoms with Gasteiger partial charge in [0.25, 0.3) is 0 Å². The van der Waals surface area contributed by atoms with E-state index in [0.29, 0.717) is 16.6 Å². The van der Waals surface area contributed by atoms with Gasteiger partial charge in [-0.3, -0.25) is 0 Å². The van der Waals surface area contributed by atoms with Crippen molar-refractivity contribution in [2.45, 2.75) is 19.6 Å². The van der Waals surface area contributed by atoms with E-state index in [4.69, 9.17) is 23.2 Å². The Labute approximate surface area is 145 Å². The van der Waals surface area contributed by atoms with Crippen LogP contribution in [0.1, 0.15) is 16.7 Å². The molecule has 0 spiro atoms. The highest BCUT2D eigenvalue weighted by Gasteiger charge is 2.01. The second-order valence-electron chi connectivity index (χ2n) is 5.25. The average Bonchev–Trinajstić information content (AvgIpc) is 3.04. The molecule has 3 rings (SSSR count). The molecule has 0 aliphatic rings. The molecule has 2 aromatic carbocycles. The zero-order chi connectivity index (χ0) is 16.1. The molecule has 0 fully saturated rings. The number of nitrogens with one attached hydrogen (secondary N) is 1. The first kappa shape index (κ1) is 16.0. The van der Waals surface area contributed by atoms with Gasteiger partial charge in [0.05, 0.1) is 6.54 Å². The van der Waals surface area contributed by atoms with Crippen LogP contribution in [-0.2, 0) is 19.6 Å². The van der Waals surface area contributed by atoms with Gasteiger partial charge in [-0.2, -0.15) is 5.10 Å². The van der Waals surface area contributed by atoms with Gasteiger partial charge < -0.3 is 5.32 Å². The lowest BCUT2D eigenvalue weighted by Crippen LogP contribution is -2.13. The Morgan fingerprint density at radius 2 is 1.74 bits per heavy atom. The Hall–Kier alpha value is -1.88. The fraction of sp³-hybridized carbons (Fsp3) is 0.176. The van der Waals surface area contributed by atoms with Gasteiger partial charge in [0.1, 0.15) is 12.7 Å². The smallest absolute Gasteiger partial charge is 0.137 e. The molecule has 0 saturated carbocycles. The summed E-state index contributed by atoms with van der Waals surface area (Å²) < 4.78 is 1.80. The predicted molar refractivity (Wildman–Crippen MR) is 92.6 cm³/mol. The van der Waals surface area contributed by atoms with Crippen molar-refractivity contribution < 1.29 is 0 Å². The summed E-state index contributed by atoms with van der Waals surface area (Å²) in [6.07, 6.45) is 3.26. The minimum atomic E-state index is 0.654. The van der Waals surface area contributed by atoms with Gasteiger partial charge in [0.15, 0.2) is 0 Å². The van der Waals surface area contributed by atoms with Crippen LogP contribution in [0.2, 0.25) is 10.0 Å². The molecule has 1 heterocycles. The second kappa shape index (κ2) is 7.59. The molecule has 0 bridgehead atoms. The van der Waals surface area contributed by atoms with E-state index in [9.17, 15) is 0 Å². The molecule has 23 heavy (non-hydrogen) atoms. The molecule has 0 aliphatic heterocycles. The van der Waals surface area contributed by atoms with Crippen molar-refractivity contribution >= 4 is 23.2 Å². The third kappa shape index (κ3) is 4.55. The number of aromatic nitrogens is 3. The summed E-state index contributed by atoms with van der Waals surface area (Å²) in [5.74, 6) is 0. The van der Waals surface area contributed by atoms with Gasteiger partial charge >= 0.3 is 0 Å². The molecule has 1 aromatic heterocycles. The summed E-state index contributed by atoms with van der Waals surface area (Å²) in [5, 5.41) is 8.83. The number of hydrogen-bond acceptors (Lipinski definition) is 3. The quantitative estimate of drug-likeness (QED) is 0.735. The Morgan fingerprint density at radius 1 is 0.957 bits per heavy atom. The lowest BCUT2D eigenvalue weighted by Gasteiger charge is -2.08. The molecule has 118 valence electrons. The van der Waals surface area contributed by atoms with Crippen molar-refractivity contribution in [1.29, 1.82) is 0 Å². The highest BCUT2D eigenvalue weighted by molar-refractivity contribution is 6.35. The van der Waals surface area contributed by atoms with Crippen LogP contribution in [0.4, 0.5) is 0 Å². The summed E-state index contributed by atoms with van der Waals surface area (Å²) in [6, 6.07) is 14.0. The maximum Gasteiger partial charge on any atom is 0.137 e. The van der Waals surface area contributed by atoms with Gasteiger partial charge in [0, 0.05) is 23.1 Å². The van der Waals surface area contributed by atoms with Gasteiger partial charge in [0.2, 0.25) is 0 Å². The topological polar surface area (TPSA) is 42.7 Å². The van der Waals surface area contributed by atoms with Crippen molar-refractivity contribution in [3.05, 3.63) is 81.9 Å². The van der Waals surface area contributed by atoms with Gasteiger partial charge in [-0.05, 0) is 28.8 Å². The van der Waals surface area contributed by atoms with E-state index < -0.39 is 0 Å². The van der Waals surface area contributed by atoms with Crippen LogP contribution in [0, 0.1) is 0 Å². The van der Waals surface area contributed by atoms with Crippen LogP contribution in [-0.4, -0.2) is 14.8 Å². The van der Waals surface area contributed by atoms with Gasteiger partial charge in [-0.15, -0.1) is 0 Å². The van der Waals surface area contributed by atoms with Gasteiger partial charge in [-0.1, -0.05) is 53.5 Å². The molecule has 0 saturated heterocycles. The molecule has 0 unspecified atom stereocenters. The fourth-order valence-corrected chi connectivity index (χ4v) is 2.75. The molecule has 0 amide bonds. The van der Waals surface area contributed by atoms with Crippen LogP contribution in [0.25, 0.3) is 0 Å². The van der Waals surface area contributed by atoms with E-state index >= 15 is 0 Å². The molecule has 4 nitrogen and oxygen atoms in total. The number of halogens is 2. The van der Waals surface area contributed by atoms with E-state index in [2.05, 4.69) is 39.7 Å². The van der Waals surface area contributed by atoms with Crippen molar-refractivity contribution in [2.24, 2.45) is 0 Å². The third-order valence-electron chi connectivity index (χ3n) is 3.49. The lowest BCUT2D eigenvalue weighted by molar-refractivity contribution is 0.680. The molecule has 1 N–H and O–H groups in total. The Balaban J connectivity index is 1.52. The molecule has 6 heteroatoms. The maximum atomic E-state index is 6.16. The third-order valence-corrected chi connectivity index (χ3v) is 4.08. The summed E-state index contributed by atoms with van der Waals surface area (Å²) in [4.78, 5) is 3.94. The first-order valence-electron chi connectivity index (χ1n) is 7.25. The molecule has 0 atom stereocenters. The largest absolute Gasteiger partial charge is 0.309 e. The minimum absolute atomic E-state index is 0.654. The highest BCUT2D eigenvalue weighted by Crippen LogP contribution is 2.20. The first-order chi connectivity index (χ1) is 11.2. The van der Waals surface area contributed by atoms with E-state index in [1.54, 1.807) is 23.4 Å². The minimum Gasteiger partial charge on any atom is -0.309 e. The average molecular weight is 347 g/mol. The SMILES string of the molecule is Clc1ccc(CNCc2ccc(Cn3cncn3)cc2)c(Cl)c1. The van der Waals surface area contributed by atoms with Crippen molar-refractivity contribution in [3.8, 4) is 0 Å². The van der Waals surface area contributed by atoms with E-state index in [-0.39, 0.29) is 0 Å². The second-order valence-corrected chi connectivity index (χ2v) is 6.09. The zero-order valence-electron chi connectivity index (χ0n) is 12.4. The normalized spacial score (nSPS) is 10.9. The number of benzene rings is 2. The molecular weight excluding hydrogens is 331 g/mol. The standard InChI is InChI=1S/C17H16Cl2N4/c18-16-6-5-15(17(19)7-16)9-20-8-13-1-3-14(4-2-13)10-23-12-21-11-22-23/h1-7,11-12,20H,8-10H2. The van der Waals surface area contributed by atoms with Crippen LogP contribution in [0.3, 0.4) is 0 Å². The molecule has 0 radical (unpaired) electrons. The monoisotopic (exact) mass is 346 g/mol. The van der Waals surface area contributed by atoms with Crippen LogP contribution in [0.5, 0.6) is 0 Å². The highest BCUT2D eigenvalue weighted by atomic mass is 35.5. The first-order valence-corrected chi connectivity index (χ1v) is 8.01. The number of rotatable bonds is 6. The summed E-state index contributed by atoms with van der Waals surface area (Å²) in [6.45, 7) is 2.22. The maximum absolute atomic E-state index is 6.16. The van der Waals surface area contributed by atoms with E-state index in [1.807, 2.05) is 12.1 Å². The van der Waals surface area contributed by atoms with Crippen molar-refractivity contribution in [2.75, 3.05) is 0 Å². The van der Waals surface area contributed by atoms with E-state index in [0.717, 1.165) is 18.7 Å². The number of nitrogens with zero attached hydrogens (tertiary/aromatic N) is 3. The fourth-order valence-electron chi connectivity index (χ4n) is 2.27. The van der Waals surface area contributed by atoms with Gasteiger partial charge in [-0.25, -0.2) is 9.67 Å². The predicted octanol–water partition coefficient (Wildman–Crippen LogP) is 3.92. The van der Waals surface area contributed by atoms with Crippen LogP contribution < -0.4 is 5.32 Å². The van der Waals surface area contributed by atoms with Crippen LogP contribution in [0.15, 0.2) is 55.1 Å². The molecule has 0 aliphatic carbocycles. The molecular formula is C17H16Cl2N4. The Kier molecular flexibility index (Phi) is 5.28. The van der Waals surface area contributed by atoms with Crippen molar-refractivity contribution in [1.82, 2.24) is 20.1 Å². The molecule has 3 aromatic rings. The van der Waals surface area contributed by atoms with Crippen LogP contribution >= 0.6 is 23.2 Å². The van der Waals surface area contributed by atoms with E-state index in [1.165, 1.54) is 11.1 Å². The Bertz CT molecular complexity index is 755. The summed E-state index contributed by atoms with van der Waals surface area (Å²) >= 11 is 12.1. The zero-order valence-corrected chi connectivity index (χ0v) is 13.9. The summed E-state index contributed by atoms with van der Waals surface area (Å²) in [5.41, 5.74) is 3.45. The van der Waals surface area contributed by atoms with Crippen molar-refractivity contribution in [3.63, 3.8) is 0 Å². The summed E-state index contributed by atoms with van der Waals surface area (Å²) in [7, 11) is 0. The lowest BCUT2D eigenvalue weighted by atomic mass is 10.1. The number of hydrogen-bond donors (Lipinski definition) is 1. The Morgan fingerprint density at radius 3 is 2.43 bits per heavy atom.